The zero-order valence-corrected chi connectivity index (χ0v) is 8.12. The number of carboxylic acids is 1. The highest BCUT2D eigenvalue weighted by Gasteiger charge is 2.33. The van der Waals surface area contributed by atoms with Gasteiger partial charge in [0.05, 0.1) is 5.92 Å². The number of amides is 1. The summed E-state index contributed by atoms with van der Waals surface area (Å²) in [5, 5.41) is 10.7. The molecule has 0 spiro atoms. The fraction of sp³-hybridized carbons (Fsp3) is 0.556. The van der Waals surface area contributed by atoms with Gasteiger partial charge in [-0.3, -0.25) is 9.59 Å². The van der Waals surface area contributed by atoms with Crippen LogP contribution in [0.25, 0.3) is 0 Å². The molecule has 0 heterocycles. The molecule has 0 fully saturated rings. The van der Waals surface area contributed by atoms with Gasteiger partial charge in [0.25, 0.3) is 0 Å². The zero-order chi connectivity index (χ0) is 12.3. The molecule has 0 saturated heterocycles. The average molecular weight is 237 g/mol. The topological polar surface area (TPSA) is 66.4 Å². The van der Waals surface area contributed by atoms with Crippen LogP contribution in [0.3, 0.4) is 0 Å². The maximum atomic E-state index is 11.8. The van der Waals surface area contributed by atoms with E-state index in [0.29, 0.717) is 0 Å². The van der Waals surface area contributed by atoms with Gasteiger partial charge in [-0.05, 0) is 6.42 Å². The molecule has 1 rings (SSSR count). The highest BCUT2D eigenvalue weighted by atomic mass is 19.4. The molecule has 2 N–H and O–H groups in total. The molecule has 0 radical (unpaired) electrons. The van der Waals surface area contributed by atoms with E-state index in [1.807, 2.05) is 0 Å². The van der Waals surface area contributed by atoms with Crippen molar-refractivity contribution in [2.45, 2.75) is 25.1 Å². The Balaban J connectivity index is 2.38. The van der Waals surface area contributed by atoms with E-state index in [1.165, 1.54) is 12.2 Å². The Labute approximate surface area is 89.1 Å². The van der Waals surface area contributed by atoms with E-state index >= 15 is 0 Å². The van der Waals surface area contributed by atoms with Gasteiger partial charge >= 0.3 is 12.1 Å². The maximum Gasteiger partial charge on any atom is 0.397 e. The van der Waals surface area contributed by atoms with Crippen LogP contribution in [0.15, 0.2) is 12.2 Å². The number of carbonyl (C=O) groups excluding carboxylic acids is 1. The van der Waals surface area contributed by atoms with Crippen molar-refractivity contribution in [2.24, 2.45) is 5.92 Å². The molecule has 0 aromatic carbocycles. The second-order valence-corrected chi connectivity index (χ2v) is 3.53. The van der Waals surface area contributed by atoms with Crippen molar-refractivity contribution >= 4 is 11.9 Å². The normalized spacial score (nSPS) is 24.4. The molecule has 0 aliphatic heterocycles. The lowest BCUT2D eigenvalue weighted by Crippen LogP contribution is -2.35. The van der Waals surface area contributed by atoms with Gasteiger partial charge in [0, 0.05) is 6.04 Å². The second kappa shape index (κ2) is 4.54. The Hall–Kier alpha value is -1.53. The summed E-state index contributed by atoms with van der Waals surface area (Å²) in [6.45, 7) is 0. The lowest BCUT2D eigenvalue weighted by Gasteiger charge is -2.13. The van der Waals surface area contributed by atoms with Crippen molar-refractivity contribution in [3.63, 3.8) is 0 Å². The predicted octanol–water partition coefficient (Wildman–Crippen LogP) is 1.08. The summed E-state index contributed by atoms with van der Waals surface area (Å²) in [5.41, 5.74) is 0. The molecule has 0 saturated carbocycles. The highest BCUT2D eigenvalue weighted by Crippen LogP contribution is 2.21. The van der Waals surface area contributed by atoms with Crippen LogP contribution >= 0.6 is 0 Å². The first-order chi connectivity index (χ1) is 7.28. The summed E-state index contributed by atoms with van der Waals surface area (Å²) in [7, 11) is 0. The number of nitrogens with one attached hydrogen (secondary N) is 1. The van der Waals surface area contributed by atoms with E-state index in [4.69, 9.17) is 5.11 Å². The average Bonchev–Trinajstić information content (AvgIpc) is 2.48. The van der Waals surface area contributed by atoms with Gasteiger partial charge in [-0.25, -0.2) is 0 Å². The van der Waals surface area contributed by atoms with Crippen LogP contribution in [0, 0.1) is 5.92 Å². The predicted molar refractivity (Wildman–Crippen MR) is 47.5 cm³/mol. The summed E-state index contributed by atoms with van der Waals surface area (Å²) in [4.78, 5) is 21.4. The first-order valence-electron chi connectivity index (χ1n) is 4.55. The standard InChI is InChI=1S/C9H10F3NO3/c10-9(11,12)4-7(14)13-6-2-1-5(3-6)8(15)16/h1-2,5-6H,3-4H2,(H,13,14)(H,15,16). The first kappa shape index (κ1) is 12.5. The molecular weight excluding hydrogens is 227 g/mol. The van der Waals surface area contributed by atoms with Gasteiger partial charge in [-0.1, -0.05) is 12.2 Å². The number of alkyl halides is 3. The lowest BCUT2D eigenvalue weighted by atomic mass is 10.1. The van der Waals surface area contributed by atoms with Crippen molar-refractivity contribution < 1.29 is 27.9 Å². The summed E-state index contributed by atoms with van der Waals surface area (Å²) >= 11 is 0. The van der Waals surface area contributed by atoms with Crippen LogP contribution < -0.4 is 5.32 Å². The van der Waals surface area contributed by atoms with Crippen molar-refractivity contribution in [1.82, 2.24) is 5.32 Å². The Bertz CT molecular complexity index is 324. The van der Waals surface area contributed by atoms with Crippen molar-refractivity contribution in [3.05, 3.63) is 12.2 Å². The van der Waals surface area contributed by atoms with Gasteiger partial charge < -0.3 is 10.4 Å². The van der Waals surface area contributed by atoms with Gasteiger partial charge in [0.15, 0.2) is 0 Å². The first-order valence-corrected chi connectivity index (χ1v) is 4.55. The van der Waals surface area contributed by atoms with E-state index in [0.717, 1.165) is 0 Å². The van der Waals surface area contributed by atoms with Crippen LogP contribution in [0.2, 0.25) is 0 Å². The van der Waals surface area contributed by atoms with E-state index < -0.39 is 36.4 Å². The van der Waals surface area contributed by atoms with Crippen LogP contribution in [-0.2, 0) is 9.59 Å². The van der Waals surface area contributed by atoms with Crippen LogP contribution in [0.5, 0.6) is 0 Å². The maximum absolute atomic E-state index is 11.8. The van der Waals surface area contributed by atoms with Gasteiger partial charge in [-0.15, -0.1) is 0 Å². The third-order valence-electron chi connectivity index (χ3n) is 2.11. The van der Waals surface area contributed by atoms with Crippen LogP contribution in [-0.4, -0.2) is 29.2 Å². The van der Waals surface area contributed by atoms with E-state index in [2.05, 4.69) is 5.32 Å². The molecule has 1 aliphatic carbocycles. The van der Waals surface area contributed by atoms with E-state index in [-0.39, 0.29) is 6.42 Å². The lowest BCUT2D eigenvalue weighted by molar-refractivity contribution is -0.154. The number of hydrogen-bond donors (Lipinski definition) is 2. The van der Waals surface area contributed by atoms with Crippen molar-refractivity contribution in [3.8, 4) is 0 Å². The largest absolute Gasteiger partial charge is 0.481 e. The number of carbonyl (C=O) groups is 2. The van der Waals surface area contributed by atoms with Crippen LogP contribution in [0.1, 0.15) is 12.8 Å². The number of aliphatic carboxylic acids is 1. The van der Waals surface area contributed by atoms with Crippen molar-refractivity contribution in [1.29, 1.82) is 0 Å². The summed E-state index contributed by atoms with van der Waals surface area (Å²) in [6, 6.07) is -0.629. The smallest absolute Gasteiger partial charge is 0.397 e. The fourth-order valence-corrected chi connectivity index (χ4v) is 1.43. The number of hydrogen-bond acceptors (Lipinski definition) is 2. The molecular formula is C9H10F3NO3. The van der Waals surface area contributed by atoms with Crippen molar-refractivity contribution in [2.75, 3.05) is 0 Å². The van der Waals surface area contributed by atoms with E-state index in [1.54, 1.807) is 0 Å². The molecule has 16 heavy (non-hydrogen) atoms. The fourth-order valence-electron chi connectivity index (χ4n) is 1.43. The van der Waals surface area contributed by atoms with Gasteiger partial charge in [0.2, 0.25) is 5.91 Å². The Morgan fingerprint density at radius 1 is 1.38 bits per heavy atom. The minimum absolute atomic E-state index is 0.0962. The second-order valence-electron chi connectivity index (χ2n) is 3.53. The SMILES string of the molecule is O=C(CC(F)(F)F)NC1C=CC(C(=O)O)C1. The van der Waals surface area contributed by atoms with Crippen LogP contribution in [0.4, 0.5) is 13.2 Å². The molecule has 4 nitrogen and oxygen atoms in total. The summed E-state index contributed by atoms with van der Waals surface area (Å²) in [5.74, 6) is -2.94. The monoisotopic (exact) mass is 237 g/mol. The number of halogens is 3. The quantitative estimate of drug-likeness (QED) is 0.722. The minimum atomic E-state index is -4.54. The molecule has 2 atom stereocenters. The Morgan fingerprint density at radius 3 is 2.44 bits per heavy atom. The molecule has 7 heteroatoms. The minimum Gasteiger partial charge on any atom is -0.481 e. The summed E-state index contributed by atoms with van der Waals surface area (Å²) in [6.07, 6.45) is -3.24. The molecule has 2 unspecified atom stereocenters. The number of rotatable bonds is 3. The molecule has 0 aromatic heterocycles. The van der Waals surface area contributed by atoms with Gasteiger partial charge in [0.1, 0.15) is 6.42 Å². The molecule has 1 aliphatic rings. The highest BCUT2D eigenvalue weighted by molar-refractivity contribution is 5.78. The molecule has 1 amide bonds. The van der Waals surface area contributed by atoms with E-state index in [9.17, 15) is 22.8 Å². The molecule has 90 valence electrons. The van der Waals surface area contributed by atoms with Gasteiger partial charge in [-0.2, -0.15) is 13.2 Å². The third-order valence-corrected chi connectivity index (χ3v) is 2.11. The Kier molecular flexibility index (Phi) is 3.56. The third kappa shape index (κ3) is 3.92. The molecule has 0 bridgehead atoms. The molecule has 0 aromatic rings. The number of carboxylic acid groups (broad SMARTS) is 1. The summed E-state index contributed by atoms with van der Waals surface area (Å²) < 4.78 is 35.4. The zero-order valence-electron chi connectivity index (χ0n) is 8.12. The Morgan fingerprint density at radius 2 is 2.00 bits per heavy atom.